The second-order valence-electron chi connectivity index (χ2n) is 4.50. The largest absolute Gasteiger partial charge is 0.508 e. The summed E-state index contributed by atoms with van der Waals surface area (Å²) >= 11 is 0. The van der Waals surface area contributed by atoms with E-state index in [1.807, 2.05) is 0 Å². The number of aromatic nitrogens is 2. The maximum absolute atomic E-state index is 13.3. The van der Waals surface area contributed by atoms with Crippen molar-refractivity contribution in [2.75, 3.05) is 5.32 Å². The lowest BCUT2D eigenvalue weighted by Gasteiger charge is -2.02. The number of aromatic amines is 1. The Labute approximate surface area is 119 Å². The molecule has 0 radical (unpaired) electrons. The highest BCUT2D eigenvalue weighted by Crippen LogP contribution is 2.26. The minimum atomic E-state index is -0.685. The van der Waals surface area contributed by atoms with E-state index in [1.54, 1.807) is 36.4 Å². The molecule has 0 aliphatic heterocycles. The van der Waals surface area contributed by atoms with E-state index in [-0.39, 0.29) is 11.5 Å². The molecule has 4 N–H and O–H groups in total. The zero-order valence-corrected chi connectivity index (χ0v) is 10.8. The fourth-order valence-corrected chi connectivity index (χ4v) is 1.90. The molecule has 106 valence electrons. The summed E-state index contributed by atoms with van der Waals surface area (Å²) in [7, 11) is 0. The second-order valence-corrected chi connectivity index (χ2v) is 4.50. The quantitative estimate of drug-likeness (QED) is 0.556. The SMILES string of the molecule is Oc1ccc(Nc2cc(-c3ccc(O)c(F)c3)[nH]n2)cc1. The van der Waals surface area contributed by atoms with Gasteiger partial charge >= 0.3 is 0 Å². The molecular formula is C15H12FN3O2. The monoisotopic (exact) mass is 285 g/mol. The number of hydrogen-bond acceptors (Lipinski definition) is 4. The molecule has 0 unspecified atom stereocenters. The van der Waals surface area contributed by atoms with Crippen molar-refractivity contribution < 1.29 is 14.6 Å². The minimum Gasteiger partial charge on any atom is -0.508 e. The Morgan fingerprint density at radius 2 is 1.76 bits per heavy atom. The number of halogens is 1. The topological polar surface area (TPSA) is 81.2 Å². The fraction of sp³-hybridized carbons (Fsp3) is 0. The van der Waals surface area contributed by atoms with Crippen LogP contribution in [0.15, 0.2) is 48.5 Å². The van der Waals surface area contributed by atoms with Crippen LogP contribution in [-0.2, 0) is 0 Å². The zero-order valence-electron chi connectivity index (χ0n) is 10.8. The predicted octanol–water partition coefficient (Wildman–Crippen LogP) is 3.37. The number of phenolic OH excluding ortho intramolecular Hbond substituents is 2. The van der Waals surface area contributed by atoms with Crippen molar-refractivity contribution in [1.29, 1.82) is 0 Å². The number of nitrogens with one attached hydrogen (secondary N) is 2. The standard InChI is InChI=1S/C15H12FN3O2/c16-12-7-9(1-6-14(12)21)13-8-15(19-18-13)17-10-2-4-11(20)5-3-10/h1-8,20-21H,(H2,17,18,19). The number of nitrogens with zero attached hydrogens (tertiary/aromatic N) is 1. The Bertz CT molecular complexity index is 769. The smallest absolute Gasteiger partial charge is 0.165 e. The molecular weight excluding hydrogens is 273 g/mol. The molecule has 0 atom stereocenters. The molecule has 0 saturated carbocycles. The summed E-state index contributed by atoms with van der Waals surface area (Å²) in [5, 5.41) is 28.3. The van der Waals surface area contributed by atoms with E-state index >= 15 is 0 Å². The number of rotatable bonds is 3. The van der Waals surface area contributed by atoms with Crippen molar-refractivity contribution in [1.82, 2.24) is 10.2 Å². The van der Waals surface area contributed by atoms with Crippen LogP contribution in [0.5, 0.6) is 11.5 Å². The molecule has 1 heterocycles. The molecule has 0 amide bonds. The van der Waals surface area contributed by atoms with E-state index in [4.69, 9.17) is 0 Å². The molecule has 5 nitrogen and oxygen atoms in total. The average molecular weight is 285 g/mol. The first-order valence-electron chi connectivity index (χ1n) is 6.22. The highest BCUT2D eigenvalue weighted by molar-refractivity contribution is 5.66. The maximum atomic E-state index is 13.3. The number of anilines is 2. The molecule has 0 aliphatic carbocycles. The zero-order chi connectivity index (χ0) is 14.8. The second kappa shape index (κ2) is 5.16. The van der Waals surface area contributed by atoms with Crippen molar-refractivity contribution in [2.45, 2.75) is 0 Å². The molecule has 0 saturated heterocycles. The average Bonchev–Trinajstić information content (AvgIpc) is 2.93. The highest BCUT2D eigenvalue weighted by atomic mass is 19.1. The summed E-state index contributed by atoms with van der Waals surface area (Å²) in [6.45, 7) is 0. The predicted molar refractivity (Wildman–Crippen MR) is 77.0 cm³/mol. The molecule has 21 heavy (non-hydrogen) atoms. The van der Waals surface area contributed by atoms with Gasteiger partial charge in [-0.1, -0.05) is 0 Å². The van der Waals surface area contributed by atoms with Crippen molar-refractivity contribution in [3.05, 3.63) is 54.3 Å². The van der Waals surface area contributed by atoms with Gasteiger partial charge in [0.25, 0.3) is 0 Å². The van der Waals surface area contributed by atoms with Gasteiger partial charge in [-0.15, -0.1) is 0 Å². The number of phenols is 2. The lowest BCUT2D eigenvalue weighted by atomic mass is 10.1. The van der Waals surface area contributed by atoms with E-state index in [1.165, 1.54) is 12.1 Å². The van der Waals surface area contributed by atoms with Crippen LogP contribution in [0.2, 0.25) is 0 Å². The summed E-state index contributed by atoms with van der Waals surface area (Å²) in [6.07, 6.45) is 0. The van der Waals surface area contributed by atoms with E-state index in [2.05, 4.69) is 15.5 Å². The van der Waals surface area contributed by atoms with Crippen molar-refractivity contribution in [2.24, 2.45) is 0 Å². The lowest BCUT2D eigenvalue weighted by Crippen LogP contribution is -1.89. The van der Waals surface area contributed by atoms with Crippen LogP contribution in [0.3, 0.4) is 0 Å². The first kappa shape index (κ1) is 13.0. The molecule has 6 heteroatoms. The highest BCUT2D eigenvalue weighted by Gasteiger charge is 2.07. The number of benzene rings is 2. The number of H-pyrrole nitrogens is 1. The van der Waals surface area contributed by atoms with Gasteiger partial charge in [-0.05, 0) is 42.5 Å². The van der Waals surface area contributed by atoms with Crippen LogP contribution in [0.4, 0.5) is 15.9 Å². The van der Waals surface area contributed by atoms with E-state index in [0.29, 0.717) is 17.1 Å². The Balaban J connectivity index is 1.82. The van der Waals surface area contributed by atoms with Gasteiger partial charge < -0.3 is 15.5 Å². The number of aromatic hydroxyl groups is 2. The van der Waals surface area contributed by atoms with Gasteiger partial charge in [0.1, 0.15) is 5.75 Å². The van der Waals surface area contributed by atoms with Gasteiger partial charge in [-0.3, -0.25) is 5.10 Å². The van der Waals surface area contributed by atoms with Gasteiger partial charge in [0, 0.05) is 17.3 Å². The third-order valence-corrected chi connectivity index (χ3v) is 2.98. The van der Waals surface area contributed by atoms with Gasteiger partial charge in [0.15, 0.2) is 17.4 Å². The molecule has 0 bridgehead atoms. The number of hydrogen-bond donors (Lipinski definition) is 4. The molecule has 0 aliphatic rings. The molecule has 0 spiro atoms. The Morgan fingerprint density at radius 3 is 2.48 bits per heavy atom. The molecule has 3 rings (SSSR count). The summed E-state index contributed by atoms with van der Waals surface area (Å²) < 4.78 is 13.3. The maximum Gasteiger partial charge on any atom is 0.165 e. The van der Waals surface area contributed by atoms with Crippen molar-refractivity contribution >= 4 is 11.5 Å². The molecule has 1 aromatic heterocycles. The Kier molecular flexibility index (Phi) is 3.19. The van der Waals surface area contributed by atoms with Crippen LogP contribution < -0.4 is 5.32 Å². The lowest BCUT2D eigenvalue weighted by molar-refractivity contribution is 0.432. The third-order valence-electron chi connectivity index (χ3n) is 2.98. The molecule has 3 aromatic rings. The van der Waals surface area contributed by atoms with Gasteiger partial charge in [-0.2, -0.15) is 5.10 Å². The normalized spacial score (nSPS) is 10.5. The van der Waals surface area contributed by atoms with Crippen LogP contribution in [0, 0.1) is 5.82 Å². The van der Waals surface area contributed by atoms with Gasteiger partial charge in [0.2, 0.25) is 0 Å². The van der Waals surface area contributed by atoms with Gasteiger partial charge in [-0.25, -0.2) is 4.39 Å². The summed E-state index contributed by atoms with van der Waals surface area (Å²) in [5.74, 6) is -0.331. The van der Waals surface area contributed by atoms with Gasteiger partial charge in [0.05, 0.1) is 5.69 Å². The first-order chi connectivity index (χ1) is 10.1. The first-order valence-corrected chi connectivity index (χ1v) is 6.22. The fourth-order valence-electron chi connectivity index (χ4n) is 1.90. The summed E-state index contributed by atoms with van der Waals surface area (Å²) in [4.78, 5) is 0. The minimum absolute atomic E-state index is 0.183. The van der Waals surface area contributed by atoms with E-state index in [9.17, 15) is 14.6 Å². The van der Waals surface area contributed by atoms with Crippen LogP contribution in [-0.4, -0.2) is 20.4 Å². The Morgan fingerprint density at radius 1 is 1.00 bits per heavy atom. The van der Waals surface area contributed by atoms with Crippen LogP contribution in [0.25, 0.3) is 11.3 Å². The summed E-state index contributed by atoms with van der Waals surface area (Å²) in [6, 6.07) is 12.4. The van der Waals surface area contributed by atoms with Crippen molar-refractivity contribution in [3.8, 4) is 22.8 Å². The van der Waals surface area contributed by atoms with Crippen LogP contribution in [0.1, 0.15) is 0 Å². The third kappa shape index (κ3) is 2.79. The van der Waals surface area contributed by atoms with Crippen molar-refractivity contribution in [3.63, 3.8) is 0 Å². The van der Waals surface area contributed by atoms with E-state index < -0.39 is 5.82 Å². The summed E-state index contributed by atoms with van der Waals surface area (Å²) in [5.41, 5.74) is 1.97. The molecule has 2 aromatic carbocycles. The van der Waals surface area contributed by atoms with E-state index in [0.717, 1.165) is 5.69 Å². The molecule has 0 fully saturated rings. The van der Waals surface area contributed by atoms with Crippen LogP contribution >= 0.6 is 0 Å². The Hall–Kier alpha value is -3.02.